The van der Waals surface area contributed by atoms with E-state index in [2.05, 4.69) is 36.6 Å². The minimum atomic E-state index is -0.550. The van der Waals surface area contributed by atoms with E-state index < -0.39 is 17.4 Å². The summed E-state index contributed by atoms with van der Waals surface area (Å²) in [5, 5.41) is 15.1. The fraction of sp³-hybridized carbons (Fsp3) is 0.269. The molecule has 1 saturated carbocycles. The summed E-state index contributed by atoms with van der Waals surface area (Å²) in [5.74, 6) is -0.438. The summed E-state index contributed by atoms with van der Waals surface area (Å²) >= 11 is 0. The predicted octanol–water partition coefficient (Wildman–Crippen LogP) is 3.08. The Bertz CT molecular complexity index is 1310. The van der Waals surface area contributed by atoms with Crippen LogP contribution in [0.2, 0.25) is 0 Å². The lowest BCUT2D eigenvalue weighted by molar-refractivity contribution is -0.118. The molecule has 11 heteroatoms. The number of nitrogens with zero attached hydrogens (tertiary/aromatic N) is 2. The summed E-state index contributed by atoms with van der Waals surface area (Å²) in [6, 6.07) is 13.6. The van der Waals surface area contributed by atoms with Gasteiger partial charge in [-0.15, -0.1) is 0 Å². The highest BCUT2D eigenvalue weighted by molar-refractivity contribution is 6.10. The molecule has 1 aliphatic rings. The molecule has 1 aromatic heterocycles. The van der Waals surface area contributed by atoms with Gasteiger partial charge in [-0.1, -0.05) is 19.1 Å². The van der Waals surface area contributed by atoms with Crippen LogP contribution in [0.15, 0.2) is 54.7 Å². The van der Waals surface area contributed by atoms with Crippen molar-refractivity contribution in [3.8, 4) is 0 Å². The fourth-order valence-corrected chi connectivity index (χ4v) is 3.68. The van der Waals surface area contributed by atoms with Crippen LogP contribution < -0.4 is 32.3 Å². The van der Waals surface area contributed by atoms with Gasteiger partial charge in [-0.25, -0.2) is 4.98 Å². The predicted molar refractivity (Wildman–Crippen MR) is 143 cm³/mol. The van der Waals surface area contributed by atoms with Gasteiger partial charge in [-0.3, -0.25) is 14.4 Å². The number of anilines is 5. The van der Waals surface area contributed by atoms with E-state index in [1.165, 1.54) is 6.20 Å². The second-order valence-electron chi connectivity index (χ2n) is 8.74. The summed E-state index contributed by atoms with van der Waals surface area (Å²) in [7, 11) is 1.76. The second-order valence-corrected chi connectivity index (χ2v) is 8.74. The van der Waals surface area contributed by atoms with Crippen molar-refractivity contribution in [1.82, 2.24) is 15.3 Å². The van der Waals surface area contributed by atoms with Gasteiger partial charge in [0, 0.05) is 24.0 Å². The zero-order valence-electron chi connectivity index (χ0n) is 20.7. The molecule has 37 heavy (non-hydrogen) atoms. The van der Waals surface area contributed by atoms with Crippen molar-refractivity contribution in [2.24, 2.45) is 5.73 Å². The van der Waals surface area contributed by atoms with Crippen molar-refractivity contribution in [3.63, 3.8) is 0 Å². The molecule has 0 atom stereocenters. The highest BCUT2D eigenvalue weighted by atomic mass is 16.2. The largest absolute Gasteiger partial charge is 0.369 e. The third-order valence-corrected chi connectivity index (χ3v) is 6.09. The maximum Gasteiger partial charge on any atom is 0.261 e. The number of aromatic nitrogens is 2. The number of amides is 3. The normalized spacial score (nSPS) is 13.4. The molecule has 0 saturated heterocycles. The number of hydrogen-bond acceptors (Lipinski definition) is 8. The summed E-state index contributed by atoms with van der Waals surface area (Å²) in [6.07, 6.45) is 3.79. The van der Waals surface area contributed by atoms with Crippen molar-refractivity contribution < 1.29 is 14.4 Å². The number of para-hydroxylation sites is 2. The summed E-state index contributed by atoms with van der Waals surface area (Å²) < 4.78 is 0. The lowest BCUT2D eigenvalue weighted by atomic mass is 10.2. The van der Waals surface area contributed by atoms with Gasteiger partial charge in [0.2, 0.25) is 17.8 Å². The third kappa shape index (κ3) is 6.01. The highest BCUT2D eigenvalue weighted by Crippen LogP contribution is 2.36. The van der Waals surface area contributed by atoms with E-state index in [0.29, 0.717) is 35.0 Å². The van der Waals surface area contributed by atoms with Gasteiger partial charge in [-0.05, 0) is 62.7 Å². The average molecular weight is 503 g/mol. The fourth-order valence-electron chi connectivity index (χ4n) is 3.68. The van der Waals surface area contributed by atoms with Crippen molar-refractivity contribution in [2.45, 2.75) is 31.7 Å². The summed E-state index contributed by atoms with van der Waals surface area (Å²) in [4.78, 5) is 46.0. The molecule has 11 nitrogen and oxygen atoms in total. The number of rotatable bonds is 11. The number of carbonyl (C=O) groups excluding carboxylic acids is 3. The van der Waals surface area contributed by atoms with Gasteiger partial charge in [0.1, 0.15) is 11.4 Å². The molecule has 1 fully saturated rings. The first-order valence-corrected chi connectivity index (χ1v) is 12.0. The van der Waals surface area contributed by atoms with E-state index >= 15 is 0 Å². The number of benzene rings is 2. The van der Waals surface area contributed by atoms with Crippen LogP contribution in [-0.4, -0.2) is 46.8 Å². The van der Waals surface area contributed by atoms with Crippen LogP contribution in [0.4, 0.5) is 28.8 Å². The standard InChI is InChI=1S/C26H30N8O3/c1-3-14-29-22-18(15-30-25(34-22)31-17-10-8-16(9-11-17)21(27)35)23(36)32-19-6-4-5-7-20(19)33-24(37)26(28-2)12-13-26/h4-11,15,28H,3,12-14H2,1-2H3,(H2,27,35)(H,32,36)(H,33,37)(H2,29,30,31,34). The lowest BCUT2D eigenvalue weighted by Gasteiger charge is -2.17. The molecule has 1 heterocycles. The van der Waals surface area contributed by atoms with Crippen LogP contribution >= 0.6 is 0 Å². The quantitative estimate of drug-likeness (QED) is 0.233. The number of likely N-dealkylation sites (N-methyl/N-ethyl adjacent to an activating group) is 1. The average Bonchev–Trinajstić information content (AvgIpc) is 3.70. The Balaban J connectivity index is 1.53. The Labute approximate surface area is 214 Å². The van der Waals surface area contributed by atoms with Gasteiger partial charge < -0.3 is 32.3 Å². The maximum absolute atomic E-state index is 13.3. The van der Waals surface area contributed by atoms with Crippen molar-refractivity contribution in [3.05, 3.63) is 65.9 Å². The van der Waals surface area contributed by atoms with E-state index in [0.717, 1.165) is 19.3 Å². The Morgan fingerprint density at radius 3 is 2.27 bits per heavy atom. The highest BCUT2D eigenvalue weighted by Gasteiger charge is 2.48. The topological polar surface area (TPSA) is 163 Å². The number of nitrogens with two attached hydrogens (primary N) is 1. The van der Waals surface area contributed by atoms with Crippen LogP contribution in [-0.2, 0) is 4.79 Å². The number of nitrogens with one attached hydrogen (secondary N) is 5. The molecule has 0 aliphatic heterocycles. The molecule has 0 radical (unpaired) electrons. The van der Waals surface area contributed by atoms with E-state index in [9.17, 15) is 14.4 Å². The molecule has 4 rings (SSSR count). The first-order chi connectivity index (χ1) is 17.8. The summed E-state index contributed by atoms with van der Waals surface area (Å²) in [5.41, 5.74) is 7.00. The van der Waals surface area contributed by atoms with Crippen molar-refractivity contribution in [2.75, 3.05) is 34.9 Å². The van der Waals surface area contributed by atoms with E-state index in [1.54, 1.807) is 55.6 Å². The second kappa shape index (κ2) is 11.0. The van der Waals surface area contributed by atoms with Gasteiger partial charge in [0.05, 0.1) is 16.9 Å². The minimum absolute atomic E-state index is 0.135. The van der Waals surface area contributed by atoms with Gasteiger partial charge in [0.25, 0.3) is 5.91 Å². The van der Waals surface area contributed by atoms with Crippen LogP contribution in [0.25, 0.3) is 0 Å². The smallest absolute Gasteiger partial charge is 0.261 e. The molecule has 0 spiro atoms. The van der Waals surface area contributed by atoms with Crippen LogP contribution in [0.1, 0.15) is 46.9 Å². The SMILES string of the molecule is CCCNc1nc(Nc2ccc(C(N)=O)cc2)ncc1C(=O)Nc1ccccc1NC(=O)C1(NC)CC1. The molecule has 2 aromatic carbocycles. The van der Waals surface area contributed by atoms with Gasteiger partial charge >= 0.3 is 0 Å². The van der Waals surface area contributed by atoms with E-state index in [1.807, 2.05) is 6.92 Å². The zero-order valence-corrected chi connectivity index (χ0v) is 20.7. The van der Waals surface area contributed by atoms with Crippen LogP contribution in [0, 0.1) is 0 Å². The Morgan fingerprint density at radius 2 is 1.68 bits per heavy atom. The first-order valence-electron chi connectivity index (χ1n) is 12.0. The van der Waals surface area contributed by atoms with Gasteiger partial charge in [-0.2, -0.15) is 4.98 Å². The molecule has 0 bridgehead atoms. The molecule has 192 valence electrons. The van der Waals surface area contributed by atoms with Crippen molar-refractivity contribution in [1.29, 1.82) is 0 Å². The maximum atomic E-state index is 13.3. The first kappa shape index (κ1) is 25.6. The monoisotopic (exact) mass is 502 g/mol. The van der Waals surface area contributed by atoms with E-state index in [4.69, 9.17) is 5.73 Å². The Morgan fingerprint density at radius 1 is 1.00 bits per heavy atom. The Hall–Kier alpha value is -4.51. The molecule has 3 amide bonds. The third-order valence-electron chi connectivity index (χ3n) is 6.09. The zero-order chi connectivity index (χ0) is 26.4. The molecule has 3 aromatic rings. The van der Waals surface area contributed by atoms with Crippen LogP contribution in [0.5, 0.6) is 0 Å². The molecule has 1 aliphatic carbocycles. The molecule has 0 unspecified atom stereocenters. The van der Waals surface area contributed by atoms with E-state index in [-0.39, 0.29) is 17.4 Å². The molecule has 7 N–H and O–H groups in total. The molecular formula is C26H30N8O3. The van der Waals surface area contributed by atoms with Crippen molar-refractivity contribution >= 4 is 46.5 Å². The number of hydrogen-bond donors (Lipinski definition) is 6. The summed E-state index contributed by atoms with van der Waals surface area (Å²) in [6.45, 7) is 2.60. The van der Waals surface area contributed by atoms with Crippen LogP contribution in [0.3, 0.4) is 0 Å². The minimum Gasteiger partial charge on any atom is -0.369 e. The Kier molecular flexibility index (Phi) is 7.63. The molecular weight excluding hydrogens is 472 g/mol. The van der Waals surface area contributed by atoms with Gasteiger partial charge in [0.15, 0.2) is 0 Å². The lowest BCUT2D eigenvalue weighted by Crippen LogP contribution is -2.40. The number of carbonyl (C=O) groups is 3. The number of primary amides is 1.